The van der Waals surface area contributed by atoms with E-state index in [-0.39, 0.29) is 10.7 Å². The van der Waals surface area contributed by atoms with Crippen molar-refractivity contribution in [3.05, 3.63) is 46.2 Å². The maximum atomic E-state index is 14.2. The summed E-state index contributed by atoms with van der Waals surface area (Å²) < 4.78 is 14.2. The molecule has 1 aliphatic rings. The lowest BCUT2D eigenvalue weighted by atomic mass is 10.1. The molecule has 0 heterocycles. The molecule has 0 spiro atoms. The summed E-state index contributed by atoms with van der Waals surface area (Å²) in [6.07, 6.45) is 3.41. The van der Waals surface area contributed by atoms with Gasteiger partial charge in [-0.2, -0.15) is 0 Å². The van der Waals surface area contributed by atoms with Gasteiger partial charge in [-0.15, -0.1) is 0 Å². The fraction of sp³-hybridized carbons (Fsp3) is 0.200. The van der Waals surface area contributed by atoms with Gasteiger partial charge in [-0.05, 0) is 48.6 Å². The highest BCUT2D eigenvalue weighted by atomic mass is 35.5. The number of nitrogen functional groups attached to an aromatic ring is 2. The lowest BCUT2D eigenvalue weighted by Gasteiger charge is -2.11. The summed E-state index contributed by atoms with van der Waals surface area (Å²) in [5.74, 6) is -0.547. The van der Waals surface area contributed by atoms with Gasteiger partial charge in [-0.1, -0.05) is 29.4 Å². The first-order valence-corrected chi connectivity index (χ1v) is 7.58. The molecule has 4 N–H and O–H groups in total. The summed E-state index contributed by atoms with van der Waals surface area (Å²) in [6.45, 7) is 0. The van der Waals surface area contributed by atoms with Crippen molar-refractivity contribution in [1.29, 1.82) is 0 Å². The second-order valence-corrected chi connectivity index (χ2v) is 6.36. The molecule has 0 saturated carbocycles. The normalized spacial score (nSPS) is 13.5. The Morgan fingerprint density at radius 1 is 1.05 bits per heavy atom. The van der Waals surface area contributed by atoms with Crippen LogP contribution in [-0.4, -0.2) is 0 Å². The first kappa shape index (κ1) is 13.6. The van der Waals surface area contributed by atoms with E-state index in [1.165, 1.54) is 35.4 Å². The number of nitrogens with two attached hydrogens (primary N) is 2. The second-order valence-electron chi connectivity index (χ2n) is 4.90. The van der Waals surface area contributed by atoms with Gasteiger partial charge >= 0.3 is 0 Å². The smallest absolute Gasteiger partial charge is 0.159 e. The van der Waals surface area contributed by atoms with E-state index in [4.69, 9.17) is 23.1 Å². The molecule has 2 nitrogen and oxygen atoms in total. The predicted molar refractivity (Wildman–Crippen MR) is 82.8 cm³/mol. The van der Waals surface area contributed by atoms with Crippen LogP contribution in [0.2, 0.25) is 5.02 Å². The van der Waals surface area contributed by atoms with Crippen molar-refractivity contribution >= 4 is 34.7 Å². The van der Waals surface area contributed by atoms with E-state index in [1.54, 1.807) is 0 Å². The Morgan fingerprint density at radius 3 is 2.60 bits per heavy atom. The van der Waals surface area contributed by atoms with E-state index in [9.17, 15) is 4.39 Å². The average Bonchev–Trinajstić information content (AvgIpc) is 2.88. The van der Waals surface area contributed by atoms with Gasteiger partial charge in [0.2, 0.25) is 0 Å². The standard InChI is InChI=1S/C15H14ClFN2S/c16-13-11(18)7-12(19)15(14(13)17)20-10-5-4-8-2-1-3-9(8)6-10/h4-7H,1-3,18-19H2. The number of rotatable bonds is 2. The highest BCUT2D eigenvalue weighted by Crippen LogP contribution is 2.40. The summed E-state index contributed by atoms with van der Waals surface area (Å²) in [5, 5.41) is -0.0668. The van der Waals surface area contributed by atoms with Crippen LogP contribution in [0.1, 0.15) is 17.5 Å². The maximum absolute atomic E-state index is 14.2. The molecule has 0 aromatic heterocycles. The number of hydrogen-bond donors (Lipinski definition) is 2. The molecule has 0 aliphatic heterocycles. The SMILES string of the molecule is Nc1cc(N)c(Sc2ccc3c(c2)CCC3)c(F)c1Cl. The van der Waals surface area contributed by atoms with Crippen molar-refractivity contribution in [3.63, 3.8) is 0 Å². The van der Waals surface area contributed by atoms with Crippen LogP contribution >= 0.6 is 23.4 Å². The summed E-state index contributed by atoms with van der Waals surface area (Å²) in [4.78, 5) is 1.30. The summed E-state index contributed by atoms with van der Waals surface area (Å²) in [6, 6.07) is 7.72. The Bertz CT molecular complexity index is 688. The van der Waals surface area contributed by atoms with Crippen LogP contribution in [0.5, 0.6) is 0 Å². The molecular weight excluding hydrogens is 295 g/mol. The number of fused-ring (bicyclic) bond motifs is 1. The zero-order valence-electron chi connectivity index (χ0n) is 10.7. The molecule has 0 radical (unpaired) electrons. The number of benzene rings is 2. The molecule has 2 aromatic carbocycles. The minimum absolute atomic E-state index is 0.0668. The molecule has 0 atom stereocenters. The zero-order valence-corrected chi connectivity index (χ0v) is 12.3. The van der Waals surface area contributed by atoms with Crippen molar-refractivity contribution in [2.45, 2.75) is 29.1 Å². The van der Waals surface area contributed by atoms with Gasteiger partial charge in [0.05, 0.1) is 16.3 Å². The third kappa shape index (κ3) is 2.34. The third-order valence-corrected chi connectivity index (χ3v) is 5.00. The van der Waals surface area contributed by atoms with E-state index in [0.29, 0.717) is 10.6 Å². The predicted octanol–water partition coefficient (Wildman–Crippen LogP) is 4.28. The molecule has 0 amide bonds. The molecule has 104 valence electrons. The molecule has 0 unspecified atom stereocenters. The van der Waals surface area contributed by atoms with Crippen LogP contribution in [0.15, 0.2) is 34.1 Å². The molecule has 1 aliphatic carbocycles. The molecular formula is C15H14ClFN2S. The second kappa shape index (κ2) is 5.19. The minimum atomic E-state index is -0.547. The molecule has 3 rings (SSSR count). The Hall–Kier alpha value is -1.39. The van der Waals surface area contributed by atoms with Crippen molar-refractivity contribution < 1.29 is 4.39 Å². The van der Waals surface area contributed by atoms with E-state index >= 15 is 0 Å². The molecule has 0 bridgehead atoms. The third-order valence-electron chi connectivity index (χ3n) is 3.51. The number of hydrogen-bond acceptors (Lipinski definition) is 3. The van der Waals surface area contributed by atoms with Crippen LogP contribution in [0.3, 0.4) is 0 Å². The van der Waals surface area contributed by atoms with Crippen molar-refractivity contribution in [1.82, 2.24) is 0 Å². The largest absolute Gasteiger partial charge is 0.398 e. The Kier molecular flexibility index (Phi) is 3.52. The van der Waals surface area contributed by atoms with Gasteiger partial charge in [-0.25, -0.2) is 4.39 Å². The summed E-state index contributed by atoms with van der Waals surface area (Å²) >= 11 is 7.14. The molecule has 5 heteroatoms. The Morgan fingerprint density at radius 2 is 1.80 bits per heavy atom. The van der Waals surface area contributed by atoms with Gasteiger partial charge in [0.1, 0.15) is 5.02 Å². The van der Waals surface area contributed by atoms with E-state index in [1.807, 2.05) is 6.07 Å². The molecule has 0 fully saturated rings. The Balaban J connectivity index is 1.97. The summed E-state index contributed by atoms with van der Waals surface area (Å²) in [5.41, 5.74) is 14.7. The first-order chi connectivity index (χ1) is 9.56. The number of anilines is 2. The molecule has 0 saturated heterocycles. The van der Waals surface area contributed by atoms with Crippen LogP contribution in [-0.2, 0) is 12.8 Å². The molecule has 2 aromatic rings. The van der Waals surface area contributed by atoms with Crippen LogP contribution in [0.4, 0.5) is 15.8 Å². The van der Waals surface area contributed by atoms with Crippen molar-refractivity contribution in [3.8, 4) is 0 Å². The topological polar surface area (TPSA) is 52.0 Å². The van der Waals surface area contributed by atoms with Gasteiger partial charge in [-0.3, -0.25) is 0 Å². The number of aryl methyl sites for hydroxylation is 2. The first-order valence-electron chi connectivity index (χ1n) is 6.39. The lowest BCUT2D eigenvalue weighted by molar-refractivity contribution is 0.604. The van der Waals surface area contributed by atoms with E-state index in [2.05, 4.69) is 12.1 Å². The Labute approximate surface area is 126 Å². The highest BCUT2D eigenvalue weighted by Gasteiger charge is 2.17. The quantitative estimate of drug-likeness (QED) is 0.814. The zero-order chi connectivity index (χ0) is 14.3. The van der Waals surface area contributed by atoms with Crippen molar-refractivity contribution in [2.75, 3.05) is 11.5 Å². The monoisotopic (exact) mass is 308 g/mol. The van der Waals surface area contributed by atoms with Crippen LogP contribution < -0.4 is 11.5 Å². The fourth-order valence-corrected chi connectivity index (χ4v) is 3.63. The maximum Gasteiger partial charge on any atom is 0.159 e. The van der Waals surface area contributed by atoms with Gasteiger partial charge in [0, 0.05) is 4.90 Å². The molecule has 20 heavy (non-hydrogen) atoms. The van der Waals surface area contributed by atoms with Gasteiger partial charge in [0.25, 0.3) is 0 Å². The van der Waals surface area contributed by atoms with E-state index < -0.39 is 5.82 Å². The van der Waals surface area contributed by atoms with Gasteiger partial charge < -0.3 is 11.5 Å². The van der Waals surface area contributed by atoms with Crippen LogP contribution in [0.25, 0.3) is 0 Å². The fourth-order valence-electron chi connectivity index (χ4n) is 2.48. The lowest BCUT2D eigenvalue weighted by Crippen LogP contribution is -1.98. The van der Waals surface area contributed by atoms with Gasteiger partial charge in [0.15, 0.2) is 5.82 Å². The highest BCUT2D eigenvalue weighted by molar-refractivity contribution is 7.99. The van der Waals surface area contributed by atoms with Crippen molar-refractivity contribution in [2.24, 2.45) is 0 Å². The average molecular weight is 309 g/mol. The van der Waals surface area contributed by atoms with E-state index in [0.717, 1.165) is 17.7 Å². The number of halogens is 2. The van der Waals surface area contributed by atoms with Crippen LogP contribution in [0, 0.1) is 5.82 Å². The summed E-state index contributed by atoms with van der Waals surface area (Å²) in [7, 11) is 0. The minimum Gasteiger partial charge on any atom is -0.398 e.